The standard InChI is InChI=1S/C16H23F3N2O3.ClH/c1-11(8-20)9-21-15(22)6-4-12-3-5-13(14(7-12)23-2)24-10-16(17,18)19;/h3,5,7,11H,4,6,8-10,20H2,1-2H3,(H,21,22);1H. The van der Waals surface area contributed by atoms with Crippen molar-refractivity contribution in [2.45, 2.75) is 25.9 Å². The molecule has 25 heavy (non-hydrogen) atoms. The van der Waals surface area contributed by atoms with Crippen LogP contribution in [0.3, 0.4) is 0 Å². The molecule has 0 radical (unpaired) electrons. The topological polar surface area (TPSA) is 73.6 Å². The first-order valence-electron chi connectivity index (χ1n) is 7.58. The molecule has 1 rings (SSSR count). The molecule has 0 saturated heterocycles. The zero-order valence-electron chi connectivity index (χ0n) is 14.2. The number of halogens is 4. The average Bonchev–Trinajstić information content (AvgIpc) is 2.55. The van der Waals surface area contributed by atoms with Gasteiger partial charge in [0.15, 0.2) is 18.1 Å². The third kappa shape index (κ3) is 9.40. The van der Waals surface area contributed by atoms with Crippen molar-refractivity contribution in [3.63, 3.8) is 0 Å². The Labute approximate surface area is 151 Å². The number of alkyl halides is 3. The van der Waals surface area contributed by atoms with Gasteiger partial charge in [0.2, 0.25) is 5.91 Å². The number of hydrogen-bond donors (Lipinski definition) is 2. The quantitative estimate of drug-likeness (QED) is 0.686. The van der Waals surface area contributed by atoms with Gasteiger partial charge in [0.25, 0.3) is 0 Å². The third-order valence-electron chi connectivity index (χ3n) is 3.31. The molecule has 1 aromatic rings. The number of aryl methyl sites for hydroxylation is 1. The lowest BCUT2D eigenvalue weighted by Gasteiger charge is -2.14. The van der Waals surface area contributed by atoms with Crippen molar-refractivity contribution >= 4 is 18.3 Å². The Bertz CT molecular complexity index is 542. The summed E-state index contributed by atoms with van der Waals surface area (Å²) in [4.78, 5) is 11.7. The number of carbonyl (C=O) groups is 1. The van der Waals surface area contributed by atoms with Crippen LogP contribution in [0.2, 0.25) is 0 Å². The molecule has 0 aliphatic rings. The molecule has 9 heteroatoms. The Morgan fingerprint density at radius 3 is 2.56 bits per heavy atom. The smallest absolute Gasteiger partial charge is 0.422 e. The van der Waals surface area contributed by atoms with E-state index in [2.05, 4.69) is 5.32 Å². The van der Waals surface area contributed by atoms with Crippen LogP contribution < -0.4 is 20.5 Å². The lowest BCUT2D eigenvalue weighted by Crippen LogP contribution is -2.31. The molecule has 0 heterocycles. The Hall–Kier alpha value is -1.67. The predicted octanol–water partition coefficient (Wildman–Crippen LogP) is 2.70. The molecule has 1 atom stereocenters. The van der Waals surface area contributed by atoms with E-state index in [-0.39, 0.29) is 42.2 Å². The Balaban J connectivity index is 0.00000576. The molecule has 1 unspecified atom stereocenters. The molecule has 5 nitrogen and oxygen atoms in total. The summed E-state index contributed by atoms with van der Waals surface area (Å²) in [6, 6.07) is 4.60. The zero-order valence-corrected chi connectivity index (χ0v) is 15.0. The first-order chi connectivity index (χ1) is 11.2. The van der Waals surface area contributed by atoms with Crippen molar-refractivity contribution in [1.29, 1.82) is 0 Å². The summed E-state index contributed by atoms with van der Waals surface area (Å²) in [6.07, 6.45) is -3.70. The second-order valence-electron chi connectivity index (χ2n) is 5.53. The van der Waals surface area contributed by atoms with E-state index in [4.69, 9.17) is 15.2 Å². The van der Waals surface area contributed by atoms with E-state index in [1.54, 1.807) is 12.1 Å². The highest BCUT2D eigenvalue weighted by Crippen LogP contribution is 2.30. The predicted molar refractivity (Wildman–Crippen MR) is 91.3 cm³/mol. The molecule has 1 amide bonds. The minimum Gasteiger partial charge on any atom is -0.493 e. The lowest BCUT2D eigenvalue weighted by atomic mass is 10.1. The second-order valence-corrected chi connectivity index (χ2v) is 5.53. The summed E-state index contributed by atoms with van der Waals surface area (Å²) in [7, 11) is 1.35. The van der Waals surface area contributed by atoms with Gasteiger partial charge in [-0.2, -0.15) is 13.2 Å². The SMILES string of the molecule is COc1cc(CCC(=O)NCC(C)CN)ccc1OCC(F)(F)F.Cl. The maximum atomic E-state index is 12.2. The molecule has 0 saturated carbocycles. The molecular formula is C16H24ClF3N2O3. The lowest BCUT2D eigenvalue weighted by molar-refractivity contribution is -0.153. The summed E-state index contributed by atoms with van der Waals surface area (Å²) in [6.45, 7) is 1.56. The van der Waals surface area contributed by atoms with Crippen molar-refractivity contribution in [2.24, 2.45) is 11.7 Å². The van der Waals surface area contributed by atoms with E-state index in [0.29, 0.717) is 19.5 Å². The molecule has 0 fully saturated rings. The van der Waals surface area contributed by atoms with Gasteiger partial charge in [-0.1, -0.05) is 13.0 Å². The van der Waals surface area contributed by atoms with Crippen LogP contribution in [0.1, 0.15) is 18.9 Å². The van der Waals surface area contributed by atoms with E-state index >= 15 is 0 Å². The number of amides is 1. The van der Waals surface area contributed by atoms with Gasteiger partial charge in [0, 0.05) is 13.0 Å². The van der Waals surface area contributed by atoms with E-state index < -0.39 is 12.8 Å². The van der Waals surface area contributed by atoms with Crippen LogP contribution in [0.5, 0.6) is 11.5 Å². The normalized spacial score (nSPS) is 12.1. The van der Waals surface area contributed by atoms with Crippen LogP contribution in [0.15, 0.2) is 18.2 Å². The van der Waals surface area contributed by atoms with Crippen molar-refractivity contribution in [3.8, 4) is 11.5 Å². The molecule has 0 spiro atoms. The summed E-state index contributed by atoms with van der Waals surface area (Å²) in [5.41, 5.74) is 6.24. The highest BCUT2D eigenvalue weighted by atomic mass is 35.5. The third-order valence-corrected chi connectivity index (χ3v) is 3.31. The van der Waals surface area contributed by atoms with Crippen molar-refractivity contribution in [1.82, 2.24) is 5.32 Å². The van der Waals surface area contributed by atoms with Crippen LogP contribution in [0.4, 0.5) is 13.2 Å². The van der Waals surface area contributed by atoms with Gasteiger partial charge in [-0.05, 0) is 36.6 Å². The maximum Gasteiger partial charge on any atom is 0.422 e. The zero-order chi connectivity index (χ0) is 18.2. The van der Waals surface area contributed by atoms with Gasteiger partial charge in [0.05, 0.1) is 7.11 Å². The summed E-state index contributed by atoms with van der Waals surface area (Å²) in [5, 5.41) is 2.78. The number of benzene rings is 1. The molecule has 0 aromatic heterocycles. The van der Waals surface area contributed by atoms with Crippen LogP contribution in [-0.4, -0.2) is 38.9 Å². The van der Waals surface area contributed by atoms with Crippen LogP contribution in [0, 0.1) is 5.92 Å². The molecule has 3 N–H and O–H groups in total. The number of methoxy groups -OCH3 is 1. The van der Waals surface area contributed by atoms with Gasteiger partial charge in [-0.15, -0.1) is 12.4 Å². The van der Waals surface area contributed by atoms with E-state index in [9.17, 15) is 18.0 Å². The first-order valence-corrected chi connectivity index (χ1v) is 7.58. The number of nitrogens with one attached hydrogen (secondary N) is 1. The highest BCUT2D eigenvalue weighted by Gasteiger charge is 2.29. The average molecular weight is 385 g/mol. The molecule has 0 bridgehead atoms. The monoisotopic (exact) mass is 384 g/mol. The van der Waals surface area contributed by atoms with Gasteiger partial charge >= 0.3 is 6.18 Å². The van der Waals surface area contributed by atoms with Gasteiger partial charge < -0.3 is 20.5 Å². The Morgan fingerprint density at radius 2 is 2.00 bits per heavy atom. The molecular weight excluding hydrogens is 361 g/mol. The minimum absolute atomic E-state index is 0. The van der Waals surface area contributed by atoms with E-state index in [0.717, 1.165) is 5.56 Å². The van der Waals surface area contributed by atoms with E-state index in [1.807, 2.05) is 6.92 Å². The van der Waals surface area contributed by atoms with Crippen LogP contribution in [-0.2, 0) is 11.2 Å². The number of hydrogen-bond acceptors (Lipinski definition) is 4. The van der Waals surface area contributed by atoms with Gasteiger partial charge in [-0.3, -0.25) is 4.79 Å². The number of nitrogens with two attached hydrogens (primary N) is 1. The summed E-state index contributed by atoms with van der Waals surface area (Å²) >= 11 is 0. The van der Waals surface area contributed by atoms with Crippen molar-refractivity contribution < 1.29 is 27.4 Å². The molecule has 1 aromatic carbocycles. The van der Waals surface area contributed by atoms with Crippen molar-refractivity contribution in [3.05, 3.63) is 23.8 Å². The fraction of sp³-hybridized carbons (Fsp3) is 0.562. The van der Waals surface area contributed by atoms with Gasteiger partial charge in [0.1, 0.15) is 0 Å². The minimum atomic E-state index is -4.41. The fourth-order valence-electron chi connectivity index (χ4n) is 1.86. The largest absolute Gasteiger partial charge is 0.493 e. The molecule has 0 aliphatic carbocycles. The molecule has 144 valence electrons. The molecule has 0 aliphatic heterocycles. The summed E-state index contributed by atoms with van der Waals surface area (Å²) in [5.74, 6) is 0.319. The Kier molecular flexibility index (Phi) is 10.3. The fourth-order valence-corrected chi connectivity index (χ4v) is 1.86. The van der Waals surface area contributed by atoms with Crippen molar-refractivity contribution in [2.75, 3.05) is 26.8 Å². The van der Waals surface area contributed by atoms with Crippen LogP contribution in [0.25, 0.3) is 0 Å². The maximum absolute atomic E-state index is 12.2. The summed E-state index contributed by atoms with van der Waals surface area (Å²) < 4.78 is 46.4. The van der Waals surface area contributed by atoms with Crippen LogP contribution >= 0.6 is 12.4 Å². The highest BCUT2D eigenvalue weighted by molar-refractivity contribution is 5.85. The second kappa shape index (κ2) is 11.0. The van der Waals surface area contributed by atoms with Gasteiger partial charge in [-0.25, -0.2) is 0 Å². The van der Waals surface area contributed by atoms with E-state index in [1.165, 1.54) is 13.2 Å². The number of carbonyl (C=O) groups excluding carboxylic acids is 1. The number of ether oxygens (including phenoxy) is 2. The number of rotatable bonds is 9. The Morgan fingerprint density at radius 1 is 1.32 bits per heavy atom. The first kappa shape index (κ1) is 23.3.